The summed E-state index contributed by atoms with van der Waals surface area (Å²) in [5, 5.41) is 26.8. The van der Waals surface area contributed by atoms with Crippen molar-refractivity contribution in [3.8, 4) is 5.75 Å². The minimum absolute atomic E-state index is 0.0288. The molecule has 324 valence electrons. The average Bonchev–Trinajstić information content (AvgIpc) is 3.24. The quantitative estimate of drug-likeness (QED) is 0.0379. The fraction of sp³-hybridized carbons (Fsp3) is 0.163. The van der Waals surface area contributed by atoms with Gasteiger partial charge in [0.1, 0.15) is 5.75 Å². The number of benzene rings is 5. The zero-order chi connectivity index (χ0) is 45.6. The Morgan fingerprint density at radius 2 is 0.968 bits per heavy atom. The van der Waals surface area contributed by atoms with Gasteiger partial charge in [-0.1, -0.05) is 59.1 Å². The lowest BCUT2D eigenvalue weighted by Crippen LogP contribution is -2.32. The van der Waals surface area contributed by atoms with Gasteiger partial charge in [-0.25, -0.2) is 0 Å². The number of carbonyl (C=O) groups is 6. The number of ketones is 2. The number of azo groups is 2. The van der Waals surface area contributed by atoms with E-state index in [-0.39, 0.29) is 55.7 Å². The van der Waals surface area contributed by atoms with Crippen LogP contribution in [0.3, 0.4) is 0 Å². The first kappa shape index (κ1) is 47.8. The Bertz CT molecular complexity index is 2590. The number of hydrogen-bond acceptors (Lipinski definition) is 11. The maximum atomic E-state index is 13.4. The molecule has 0 spiro atoms. The van der Waals surface area contributed by atoms with Crippen molar-refractivity contribution in [1.29, 1.82) is 0 Å². The number of halogens is 5. The molecule has 2 atom stereocenters. The van der Waals surface area contributed by atoms with E-state index in [1.165, 1.54) is 54.6 Å². The highest BCUT2D eigenvalue weighted by Gasteiger charge is 2.26. The van der Waals surface area contributed by atoms with E-state index in [1.54, 1.807) is 48.5 Å². The van der Waals surface area contributed by atoms with Gasteiger partial charge in [-0.2, -0.15) is 20.5 Å². The Kier molecular flexibility index (Phi) is 17.3. The summed E-state index contributed by atoms with van der Waals surface area (Å²) in [5.74, 6) is -3.49. The summed E-state index contributed by atoms with van der Waals surface area (Å²) >= 11 is 30.0. The van der Waals surface area contributed by atoms with Crippen LogP contribution in [-0.2, 0) is 30.9 Å². The summed E-state index contributed by atoms with van der Waals surface area (Å²) in [5.41, 5.74) is 3.38. The standard InChI is InChI=1S/C43H35Cl5N8O7/c1-23(57)38(55-53-34-15-27(13-29(47)17-34)40(59)49-31-7-3-25(20-44)4-8-31)42(61)51-33-11-12-36(37(19-33)63-22-46)52-43(62)39(24(2)58)56-54-35-16-28(14-30(48)18-35)41(60)50-32-9-5-26(21-45)6-10-32/h3-19,38-39H,20-22H2,1-2H3,(H,49,59)(H,50,60)(H,51,61)(H,52,62). The van der Waals surface area contributed by atoms with Crippen molar-refractivity contribution in [2.75, 3.05) is 27.3 Å². The minimum atomic E-state index is -1.65. The van der Waals surface area contributed by atoms with E-state index in [1.807, 2.05) is 0 Å². The third kappa shape index (κ3) is 13.9. The topological polar surface area (TPSA) is 209 Å². The van der Waals surface area contributed by atoms with Crippen LogP contribution in [0, 0.1) is 0 Å². The monoisotopic (exact) mass is 950 g/mol. The Morgan fingerprint density at radius 3 is 1.38 bits per heavy atom. The molecule has 0 fully saturated rings. The molecule has 0 bridgehead atoms. The maximum Gasteiger partial charge on any atom is 0.258 e. The van der Waals surface area contributed by atoms with Crippen LogP contribution in [0.5, 0.6) is 5.75 Å². The highest BCUT2D eigenvalue weighted by atomic mass is 35.5. The van der Waals surface area contributed by atoms with Crippen molar-refractivity contribution in [1.82, 2.24) is 0 Å². The Labute approximate surface area is 385 Å². The number of Topliss-reactive ketones (excluding diaryl/α,β-unsaturated/α-hetero) is 2. The predicted octanol–water partition coefficient (Wildman–Crippen LogP) is 10.9. The summed E-state index contributed by atoms with van der Waals surface area (Å²) in [4.78, 5) is 77.8. The van der Waals surface area contributed by atoms with E-state index >= 15 is 0 Å². The summed E-state index contributed by atoms with van der Waals surface area (Å²) in [6.07, 6.45) is 0. The van der Waals surface area contributed by atoms with Crippen LogP contribution in [0.25, 0.3) is 0 Å². The number of anilines is 4. The number of amides is 4. The molecule has 4 N–H and O–H groups in total. The summed E-state index contributed by atoms with van der Waals surface area (Å²) in [6.45, 7) is 2.28. The molecule has 0 saturated heterocycles. The van der Waals surface area contributed by atoms with E-state index in [0.29, 0.717) is 23.1 Å². The van der Waals surface area contributed by atoms with E-state index in [9.17, 15) is 28.8 Å². The summed E-state index contributed by atoms with van der Waals surface area (Å²) in [7, 11) is 0. The molecule has 0 radical (unpaired) electrons. The van der Waals surface area contributed by atoms with Crippen LogP contribution in [0.1, 0.15) is 45.7 Å². The molecule has 0 aliphatic rings. The molecule has 0 heterocycles. The van der Waals surface area contributed by atoms with Crippen LogP contribution in [0.2, 0.25) is 10.0 Å². The van der Waals surface area contributed by atoms with E-state index in [2.05, 4.69) is 41.7 Å². The van der Waals surface area contributed by atoms with E-state index in [4.69, 9.17) is 62.7 Å². The number of ether oxygens (including phenoxy) is 1. The molecule has 0 aliphatic heterocycles. The lowest BCUT2D eigenvalue weighted by molar-refractivity contribution is -0.127. The second-order valence-electron chi connectivity index (χ2n) is 13.4. The number of alkyl halides is 3. The normalized spacial score (nSPS) is 12.0. The fourth-order valence-corrected chi connectivity index (χ4v) is 6.40. The third-order valence-corrected chi connectivity index (χ3v) is 9.75. The molecule has 15 nitrogen and oxygen atoms in total. The largest absolute Gasteiger partial charge is 0.476 e. The van der Waals surface area contributed by atoms with Gasteiger partial charge in [-0.3, -0.25) is 28.8 Å². The first-order chi connectivity index (χ1) is 30.1. The zero-order valence-electron chi connectivity index (χ0n) is 33.1. The Hall–Kier alpha value is -6.23. The second-order valence-corrected chi connectivity index (χ2v) is 15.0. The molecule has 4 amide bonds. The lowest BCUT2D eigenvalue weighted by Gasteiger charge is -2.15. The maximum absolute atomic E-state index is 13.4. The van der Waals surface area contributed by atoms with Gasteiger partial charge in [0.05, 0.1) is 17.1 Å². The lowest BCUT2D eigenvalue weighted by atomic mass is 10.1. The molecule has 0 saturated carbocycles. The van der Waals surface area contributed by atoms with Crippen LogP contribution >= 0.6 is 58.0 Å². The van der Waals surface area contributed by atoms with Crippen molar-refractivity contribution in [3.05, 3.63) is 135 Å². The van der Waals surface area contributed by atoms with Gasteiger partial charge in [-0.15, -0.1) is 23.2 Å². The van der Waals surface area contributed by atoms with Crippen LogP contribution in [0.15, 0.2) is 124 Å². The molecule has 20 heteroatoms. The summed E-state index contributed by atoms with van der Waals surface area (Å²) < 4.78 is 5.48. The van der Waals surface area contributed by atoms with Gasteiger partial charge in [0, 0.05) is 56.1 Å². The number of carbonyl (C=O) groups excluding carboxylic acids is 6. The van der Waals surface area contributed by atoms with E-state index in [0.717, 1.165) is 25.0 Å². The van der Waals surface area contributed by atoms with Gasteiger partial charge in [0.2, 0.25) is 12.1 Å². The van der Waals surface area contributed by atoms with Crippen LogP contribution in [0.4, 0.5) is 34.1 Å². The highest BCUT2D eigenvalue weighted by Crippen LogP contribution is 2.30. The molecule has 2 unspecified atom stereocenters. The van der Waals surface area contributed by atoms with Gasteiger partial charge in [0.15, 0.2) is 17.6 Å². The smallest absolute Gasteiger partial charge is 0.258 e. The SMILES string of the molecule is CC(=O)C(N=Nc1cc(Cl)cc(C(=O)Nc2ccc(CCl)cc2)c1)C(=O)Nc1ccc(NC(=O)C(N=Nc2cc(Cl)cc(C(=O)Nc3ccc(CCl)cc3)c2)C(C)=O)c(OCCl)c1. The third-order valence-electron chi connectivity index (χ3n) is 8.58. The first-order valence-corrected chi connectivity index (χ1v) is 20.8. The predicted molar refractivity (Wildman–Crippen MR) is 244 cm³/mol. The number of hydrogen-bond donors (Lipinski definition) is 4. The van der Waals surface area contributed by atoms with E-state index < -0.39 is 47.3 Å². The molecule has 5 aromatic rings. The van der Waals surface area contributed by atoms with Gasteiger partial charge in [0.25, 0.3) is 23.6 Å². The molecule has 63 heavy (non-hydrogen) atoms. The van der Waals surface area contributed by atoms with Crippen LogP contribution in [-0.4, -0.2) is 53.3 Å². The van der Waals surface area contributed by atoms with Crippen molar-refractivity contribution >= 4 is 127 Å². The van der Waals surface area contributed by atoms with Crippen LogP contribution < -0.4 is 26.0 Å². The first-order valence-electron chi connectivity index (χ1n) is 18.5. The summed E-state index contributed by atoms with van der Waals surface area (Å²) in [6, 6.07) is 22.6. The van der Waals surface area contributed by atoms with Gasteiger partial charge >= 0.3 is 0 Å². The van der Waals surface area contributed by atoms with Crippen molar-refractivity contribution in [3.63, 3.8) is 0 Å². The van der Waals surface area contributed by atoms with Crippen molar-refractivity contribution in [2.24, 2.45) is 20.5 Å². The van der Waals surface area contributed by atoms with Crippen molar-refractivity contribution < 1.29 is 33.5 Å². The molecule has 0 aromatic heterocycles. The minimum Gasteiger partial charge on any atom is -0.476 e. The molecule has 5 aromatic carbocycles. The average molecular weight is 953 g/mol. The fourth-order valence-electron chi connectivity index (χ4n) is 5.47. The second kappa shape index (κ2) is 22.7. The molecular formula is C43H35Cl5N8O7. The number of nitrogens with zero attached hydrogens (tertiary/aromatic N) is 4. The Balaban J connectivity index is 1.26. The van der Waals surface area contributed by atoms with Crippen molar-refractivity contribution in [2.45, 2.75) is 37.7 Å². The Morgan fingerprint density at radius 1 is 0.540 bits per heavy atom. The van der Waals surface area contributed by atoms with Gasteiger partial charge in [-0.05, 0) is 97.8 Å². The number of nitrogens with one attached hydrogen (secondary N) is 4. The molecular weight excluding hydrogens is 918 g/mol. The molecule has 0 aliphatic carbocycles. The molecule has 5 rings (SSSR count). The highest BCUT2D eigenvalue weighted by molar-refractivity contribution is 6.31. The zero-order valence-corrected chi connectivity index (χ0v) is 36.9. The van der Waals surface area contributed by atoms with Gasteiger partial charge < -0.3 is 26.0 Å². The number of rotatable bonds is 18.